The van der Waals surface area contributed by atoms with Crippen molar-refractivity contribution >= 4 is 26.8 Å². The van der Waals surface area contributed by atoms with Crippen molar-refractivity contribution in [2.24, 2.45) is 12.8 Å². The summed E-state index contributed by atoms with van der Waals surface area (Å²) in [5, 5.41) is 1.32. The molecule has 0 saturated heterocycles. The Morgan fingerprint density at radius 1 is 1.40 bits per heavy atom. The lowest BCUT2D eigenvalue weighted by atomic mass is 10.1. The highest BCUT2D eigenvalue weighted by atomic mass is 79.9. The van der Waals surface area contributed by atoms with E-state index in [1.807, 2.05) is 0 Å². The number of hydrogen-bond acceptors (Lipinski definition) is 1. The second-order valence-corrected chi connectivity index (χ2v) is 4.75. The van der Waals surface area contributed by atoms with Crippen molar-refractivity contribution in [3.05, 3.63) is 33.9 Å². The van der Waals surface area contributed by atoms with E-state index in [2.05, 4.69) is 52.7 Å². The monoisotopic (exact) mass is 266 g/mol. The van der Waals surface area contributed by atoms with Crippen LogP contribution in [0.2, 0.25) is 0 Å². The highest BCUT2D eigenvalue weighted by Crippen LogP contribution is 2.27. The Bertz CT molecular complexity index is 500. The minimum Gasteiger partial charge on any atom is -0.347 e. The van der Waals surface area contributed by atoms with Crippen LogP contribution in [0.4, 0.5) is 0 Å². The van der Waals surface area contributed by atoms with E-state index < -0.39 is 0 Å². The van der Waals surface area contributed by atoms with Crippen molar-refractivity contribution in [2.75, 3.05) is 6.54 Å². The molecule has 0 atom stereocenters. The summed E-state index contributed by atoms with van der Waals surface area (Å²) >= 11 is 3.51. The fourth-order valence-corrected chi connectivity index (χ4v) is 2.51. The quantitative estimate of drug-likeness (QED) is 0.891. The second kappa shape index (κ2) is 3.99. The molecule has 80 valence electrons. The van der Waals surface area contributed by atoms with Gasteiger partial charge < -0.3 is 10.3 Å². The van der Waals surface area contributed by atoms with Crippen molar-refractivity contribution in [2.45, 2.75) is 13.3 Å². The zero-order valence-corrected chi connectivity index (χ0v) is 10.6. The van der Waals surface area contributed by atoms with Crippen molar-refractivity contribution in [3.8, 4) is 0 Å². The Balaban J connectivity index is 2.73. The third-order valence-corrected chi connectivity index (χ3v) is 3.44. The molecule has 2 rings (SSSR count). The number of hydrogen-bond donors (Lipinski definition) is 1. The summed E-state index contributed by atoms with van der Waals surface area (Å²) < 4.78 is 3.37. The molecule has 0 saturated carbocycles. The molecular weight excluding hydrogens is 252 g/mol. The minimum atomic E-state index is 0.701. The summed E-state index contributed by atoms with van der Waals surface area (Å²) in [6.07, 6.45) is 0.939. The molecule has 0 radical (unpaired) electrons. The van der Waals surface area contributed by atoms with Crippen molar-refractivity contribution < 1.29 is 0 Å². The Kier molecular flexibility index (Phi) is 2.85. The first-order chi connectivity index (χ1) is 7.15. The number of benzene rings is 1. The van der Waals surface area contributed by atoms with Crippen LogP contribution in [0.3, 0.4) is 0 Å². The maximum atomic E-state index is 5.63. The lowest BCUT2D eigenvalue weighted by Gasteiger charge is -2.03. The number of aryl methyl sites for hydroxylation is 2. The Hall–Kier alpha value is -0.800. The predicted octanol–water partition coefficient (Wildman–Crippen LogP) is 2.75. The molecule has 3 heteroatoms. The SMILES string of the molecule is Cc1c(CCN)n(C)c2ccc(Br)cc12. The highest BCUT2D eigenvalue weighted by molar-refractivity contribution is 9.10. The van der Waals surface area contributed by atoms with Gasteiger partial charge in [-0.05, 0) is 37.2 Å². The lowest BCUT2D eigenvalue weighted by molar-refractivity contribution is 0.819. The molecule has 1 heterocycles. The Morgan fingerprint density at radius 3 is 2.80 bits per heavy atom. The fourth-order valence-electron chi connectivity index (χ4n) is 2.15. The van der Waals surface area contributed by atoms with Crippen LogP contribution in [0.25, 0.3) is 10.9 Å². The Labute approximate surface area is 98.2 Å². The molecule has 0 spiro atoms. The van der Waals surface area contributed by atoms with E-state index in [1.165, 1.54) is 22.2 Å². The molecule has 15 heavy (non-hydrogen) atoms. The van der Waals surface area contributed by atoms with Crippen LogP contribution in [0.5, 0.6) is 0 Å². The summed E-state index contributed by atoms with van der Waals surface area (Å²) in [6.45, 7) is 2.87. The van der Waals surface area contributed by atoms with E-state index in [0.29, 0.717) is 6.54 Å². The summed E-state index contributed by atoms with van der Waals surface area (Å²) in [7, 11) is 2.11. The number of nitrogens with two attached hydrogens (primary N) is 1. The maximum absolute atomic E-state index is 5.63. The van der Waals surface area contributed by atoms with Crippen LogP contribution in [0.15, 0.2) is 22.7 Å². The van der Waals surface area contributed by atoms with E-state index in [9.17, 15) is 0 Å². The molecule has 2 N–H and O–H groups in total. The van der Waals surface area contributed by atoms with Gasteiger partial charge in [-0.1, -0.05) is 15.9 Å². The topological polar surface area (TPSA) is 30.9 Å². The zero-order valence-electron chi connectivity index (χ0n) is 9.05. The molecule has 0 aliphatic heterocycles. The summed E-state index contributed by atoms with van der Waals surface area (Å²) in [4.78, 5) is 0. The number of halogens is 1. The van der Waals surface area contributed by atoms with E-state index in [0.717, 1.165) is 10.9 Å². The first-order valence-electron chi connectivity index (χ1n) is 5.08. The van der Waals surface area contributed by atoms with Crippen LogP contribution in [0, 0.1) is 6.92 Å². The van der Waals surface area contributed by atoms with Crippen LogP contribution >= 0.6 is 15.9 Å². The van der Waals surface area contributed by atoms with Gasteiger partial charge in [0.05, 0.1) is 0 Å². The van der Waals surface area contributed by atoms with Gasteiger partial charge in [-0.2, -0.15) is 0 Å². The van der Waals surface area contributed by atoms with Crippen molar-refractivity contribution in [1.82, 2.24) is 4.57 Å². The molecule has 1 aromatic heterocycles. The van der Waals surface area contributed by atoms with Gasteiger partial charge in [-0.3, -0.25) is 0 Å². The van der Waals surface area contributed by atoms with E-state index in [4.69, 9.17) is 5.73 Å². The van der Waals surface area contributed by atoms with E-state index in [1.54, 1.807) is 0 Å². The van der Waals surface area contributed by atoms with Gasteiger partial charge in [-0.25, -0.2) is 0 Å². The number of aromatic nitrogens is 1. The van der Waals surface area contributed by atoms with Gasteiger partial charge in [0.2, 0.25) is 0 Å². The third kappa shape index (κ3) is 1.70. The smallest absolute Gasteiger partial charge is 0.0483 e. The van der Waals surface area contributed by atoms with Crippen molar-refractivity contribution in [3.63, 3.8) is 0 Å². The fraction of sp³-hybridized carbons (Fsp3) is 0.333. The molecule has 0 bridgehead atoms. The third-order valence-electron chi connectivity index (χ3n) is 2.94. The average Bonchev–Trinajstić information content (AvgIpc) is 2.44. The molecule has 2 aromatic rings. The molecular formula is C12H15BrN2. The predicted molar refractivity (Wildman–Crippen MR) is 68.1 cm³/mol. The van der Waals surface area contributed by atoms with Gasteiger partial charge in [0, 0.05) is 34.5 Å². The van der Waals surface area contributed by atoms with E-state index >= 15 is 0 Å². The second-order valence-electron chi connectivity index (χ2n) is 3.83. The zero-order chi connectivity index (χ0) is 11.0. The molecule has 2 nitrogen and oxygen atoms in total. The summed E-state index contributed by atoms with van der Waals surface area (Å²) in [6, 6.07) is 6.39. The summed E-state index contributed by atoms with van der Waals surface area (Å²) in [5.41, 5.74) is 9.59. The maximum Gasteiger partial charge on any atom is 0.0483 e. The number of fused-ring (bicyclic) bond motifs is 1. The van der Waals surface area contributed by atoms with Crippen LogP contribution in [-0.4, -0.2) is 11.1 Å². The molecule has 0 fully saturated rings. The number of rotatable bonds is 2. The molecule has 0 amide bonds. The molecule has 0 unspecified atom stereocenters. The summed E-state index contributed by atoms with van der Waals surface area (Å²) in [5.74, 6) is 0. The molecule has 0 aliphatic rings. The van der Waals surface area contributed by atoms with Crippen LogP contribution in [0.1, 0.15) is 11.3 Å². The van der Waals surface area contributed by atoms with Gasteiger partial charge in [0.1, 0.15) is 0 Å². The van der Waals surface area contributed by atoms with Gasteiger partial charge in [-0.15, -0.1) is 0 Å². The van der Waals surface area contributed by atoms with Gasteiger partial charge in [0.25, 0.3) is 0 Å². The standard InChI is InChI=1S/C12H15BrN2/c1-8-10-7-9(13)3-4-12(10)15(2)11(8)5-6-14/h3-4,7H,5-6,14H2,1-2H3. The largest absolute Gasteiger partial charge is 0.347 e. The number of nitrogens with zero attached hydrogens (tertiary/aromatic N) is 1. The van der Waals surface area contributed by atoms with Crippen LogP contribution < -0.4 is 5.73 Å². The highest BCUT2D eigenvalue weighted by Gasteiger charge is 2.10. The average molecular weight is 267 g/mol. The molecule has 0 aliphatic carbocycles. The minimum absolute atomic E-state index is 0.701. The normalized spacial score (nSPS) is 11.2. The Morgan fingerprint density at radius 2 is 2.13 bits per heavy atom. The van der Waals surface area contributed by atoms with Crippen LogP contribution in [-0.2, 0) is 13.5 Å². The van der Waals surface area contributed by atoms with Gasteiger partial charge in [0.15, 0.2) is 0 Å². The van der Waals surface area contributed by atoms with Gasteiger partial charge >= 0.3 is 0 Å². The molecule has 1 aromatic carbocycles. The lowest BCUT2D eigenvalue weighted by Crippen LogP contribution is -2.07. The van der Waals surface area contributed by atoms with Crippen molar-refractivity contribution in [1.29, 1.82) is 0 Å². The first kappa shape index (κ1) is 10.7. The first-order valence-corrected chi connectivity index (χ1v) is 5.88. The van der Waals surface area contributed by atoms with E-state index in [-0.39, 0.29) is 0 Å².